The van der Waals surface area contributed by atoms with Crippen LogP contribution in [0.1, 0.15) is 30.5 Å². The Balaban J connectivity index is 1.65. The highest BCUT2D eigenvalue weighted by atomic mass is 16.3. The van der Waals surface area contributed by atoms with Gasteiger partial charge >= 0.3 is 0 Å². The van der Waals surface area contributed by atoms with E-state index >= 15 is 0 Å². The average Bonchev–Trinajstić information content (AvgIpc) is 2.94. The van der Waals surface area contributed by atoms with Gasteiger partial charge in [0.25, 0.3) is 0 Å². The van der Waals surface area contributed by atoms with Crippen molar-refractivity contribution in [1.82, 2.24) is 9.80 Å². The van der Waals surface area contributed by atoms with Crippen LogP contribution in [-0.4, -0.2) is 48.4 Å². The molecular formula is C20H28N2O2. The Bertz CT molecular complexity index is 725. The van der Waals surface area contributed by atoms with E-state index in [2.05, 4.69) is 44.7 Å². The molecule has 0 unspecified atom stereocenters. The Morgan fingerprint density at radius 2 is 1.88 bits per heavy atom. The minimum Gasteiger partial charge on any atom is -0.464 e. The highest BCUT2D eigenvalue weighted by Crippen LogP contribution is 2.27. The number of hydrogen-bond acceptors (Lipinski definition) is 3. The zero-order chi connectivity index (χ0) is 17.3. The largest absolute Gasteiger partial charge is 0.464 e. The highest BCUT2D eigenvalue weighted by molar-refractivity contribution is 5.89. The van der Waals surface area contributed by atoms with Crippen LogP contribution in [-0.2, 0) is 11.2 Å². The van der Waals surface area contributed by atoms with Gasteiger partial charge in [0.1, 0.15) is 5.58 Å². The second kappa shape index (κ2) is 6.98. The number of piperazine rings is 1. The van der Waals surface area contributed by atoms with Crippen LogP contribution in [0.3, 0.4) is 0 Å². The van der Waals surface area contributed by atoms with Gasteiger partial charge in [-0.25, -0.2) is 0 Å². The number of rotatable bonds is 4. The van der Waals surface area contributed by atoms with Gasteiger partial charge in [-0.05, 0) is 30.9 Å². The van der Waals surface area contributed by atoms with Gasteiger partial charge in [0.2, 0.25) is 5.91 Å². The van der Waals surface area contributed by atoms with Crippen molar-refractivity contribution in [3.63, 3.8) is 0 Å². The summed E-state index contributed by atoms with van der Waals surface area (Å²) in [4.78, 5) is 17.1. The molecule has 24 heavy (non-hydrogen) atoms. The molecule has 0 radical (unpaired) electrons. The predicted octanol–water partition coefficient (Wildman–Crippen LogP) is 3.39. The van der Waals surface area contributed by atoms with Gasteiger partial charge in [0.15, 0.2) is 0 Å². The van der Waals surface area contributed by atoms with Gasteiger partial charge in [-0.2, -0.15) is 0 Å². The molecule has 0 spiro atoms. The fourth-order valence-corrected chi connectivity index (χ4v) is 3.50. The number of amides is 1. The standard InChI is InChI=1S/C20H28N2O2/c1-14(2)12-21-7-9-22(10-8-21)19(23)11-17-13-24-20-16(4)15(3)5-6-18(17)20/h5-6,13-14H,7-12H2,1-4H3. The van der Waals surface area contributed by atoms with Gasteiger partial charge in [0.05, 0.1) is 12.7 Å². The number of hydrogen-bond donors (Lipinski definition) is 0. The zero-order valence-electron chi connectivity index (χ0n) is 15.3. The number of benzene rings is 1. The summed E-state index contributed by atoms with van der Waals surface area (Å²) in [7, 11) is 0. The number of fused-ring (bicyclic) bond motifs is 1. The Morgan fingerprint density at radius 3 is 2.54 bits per heavy atom. The zero-order valence-corrected chi connectivity index (χ0v) is 15.3. The second-order valence-corrected chi connectivity index (χ2v) is 7.40. The summed E-state index contributed by atoms with van der Waals surface area (Å²) in [5.74, 6) is 0.886. The Hall–Kier alpha value is -1.81. The molecule has 0 bridgehead atoms. The maximum atomic E-state index is 12.7. The fourth-order valence-electron chi connectivity index (χ4n) is 3.50. The van der Waals surface area contributed by atoms with Gasteiger partial charge in [0, 0.05) is 43.7 Å². The van der Waals surface area contributed by atoms with Crippen LogP contribution in [0, 0.1) is 19.8 Å². The predicted molar refractivity (Wildman–Crippen MR) is 97.3 cm³/mol. The van der Waals surface area contributed by atoms with E-state index in [1.165, 1.54) is 5.56 Å². The van der Waals surface area contributed by atoms with Gasteiger partial charge in [-0.1, -0.05) is 26.0 Å². The van der Waals surface area contributed by atoms with Crippen molar-refractivity contribution in [3.05, 3.63) is 35.1 Å². The molecule has 1 saturated heterocycles. The third-order valence-electron chi connectivity index (χ3n) is 5.03. The summed E-state index contributed by atoms with van der Waals surface area (Å²) in [6, 6.07) is 4.18. The van der Waals surface area contributed by atoms with Crippen LogP contribution < -0.4 is 0 Å². The lowest BCUT2D eigenvalue weighted by molar-refractivity contribution is -0.132. The topological polar surface area (TPSA) is 36.7 Å². The van der Waals surface area contributed by atoms with E-state index in [9.17, 15) is 4.79 Å². The Morgan fingerprint density at radius 1 is 1.17 bits per heavy atom. The van der Waals surface area contributed by atoms with Crippen LogP contribution in [0.15, 0.2) is 22.8 Å². The van der Waals surface area contributed by atoms with E-state index in [1.807, 2.05) is 4.90 Å². The highest BCUT2D eigenvalue weighted by Gasteiger charge is 2.22. The number of nitrogens with zero attached hydrogens (tertiary/aromatic N) is 2. The molecule has 1 amide bonds. The summed E-state index contributed by atoms with van der Waals surface area (Å²) in [6.07, 6.45) is 2.18. The van der Waals surface area contributed by atoms with Crippen LogP contribution in [0.5, 0.6) is 0 Å². The Labute approximate surface area is 144 Å². The normalized spacial score (nSPS) is 16.3. The molecule has 3 rings (SSSR count). The van der Waals surface area contributed by atoms with Crippen molar-refractivity contribution in [1.29, 1.82) is 0 Å². The third-order valence-corrected chi connectivity index (χ3v) is 5.03. The van der Waals surface area contributed by atoms with E-state index < -0.39 is 0 Å². The van der Waals surface area contributed by atoms with E-state index in [4.69, 9.17) is 4.42 Å². The van der Waals surface area contributed by atoms with Crippen LogP contribution in [0.2, 0.25) is 0 Å². The molecule has 1 aliphatic rings. The van der Waals surface area contributed by atoms with E-state index in [-0.39, 0.29) is 5.91 Å². The molecule has 0 atom stereocenters. The second-order valence-electron chi connectivity index (χ2n) is 7.40. The van der Waals surface area contributed by atoms with Gasteiger partial charge in [-0.3, -0.25) is 9.69 Å². The monoisotopic (exact) mass is 328 g/mol. The smallest absolute Gasteiger partial charge is 0.227 e. The number of carbonyl (C=O) groups is 1. The molecule has 0 saturated carbocycles. The van der Waals surface area contributed by atoms with Crippen LogP contribution >= 0.6 is 0 Å². The molecule has 1 aromatic heterocycles. The molecule has 1 fully saturated rings. The summed E-state index contributed by atoms with van der Waals surface area (Å²) in [5, 5.41) is 1.07. The minimum absolute atomic E-state index is 0.208. The molecule has 1 aromatic carbocycles. The first-order valence-corrected chi connectivity index (χ1v) is 8.92. The first kappa shape index (κ1) is 17.0. The molecule has 0 aliphatic carbocycles. The molecule has 2 heterocycles. The summed E-state index contributed by atoms with van der Waals surface area (Å²) in [5.41, 5.74) is 4.30. The van der Waals surface area contributed by atoms with Gasteiger partial charge < -0.3 is 9.32 Å². The van der Waals surface area contributed by atoms with Crippen molar-refractivity contribution in [2.75, 3.05) is 32.7 Å². The molecule has 2 aromatic rings. The van der Waals surface area contributed by atoms with Crippen molar-refractivity contribution >= 4 is 16.9 Å². The van der Waals surface area contributed by atoms with E-state index in [0.29, 0.717) is 12.3 Å². The molecular weight excluding hydrogens is 300 g/mol. The third kappa shape index (κ3) is 3.48. The summed E-state index contributed by atoms with van der Waals surface area (Å²) < 4.78 is 5.73. The number of furan rings is 1. The molecule has 4 nitrogen and oxygen atoms in total. The first-order chi connectivity index (χ1) is 11.5. The van der Waals surface area contributed by atoms with Crippen molar-refractivity contribution in [3.8, 4) is 0 Å². The lowest BCUT2D eigenvalue weighted by atomic mass is 10.0. The Kier molecular flexibility index (Phi) is 4.95. The lowest BCUT2D eigenvalue weighted by Gasteiger charge is -2.35. The van der Waals surface area contributed by atoms with Gasteiger partial charge in [-0.15, -0.1) is 0 Å². The first-order valence-electron chi connectivity index (χ1n) is 8.92. The van der Waals surface area contributed by atoms with Crippen molar-refractivity contribution < 1.29 is 9.21 Å². The van der Waals surface area contributed by atoms with E-state index in [0.717, 1.165) is 54.8 Å². The lowest BCUT2D eigenvalue weighted by Crippen LogP contribution is -2.49. The van der Waals surface area contributed by atoms with E-state index in [1.54, 1.807) is 6.26 Å². The maximum Gasteiger partial charge on any atom is 0.227 e. The SMILES string of the molecule is Cc1ccc2c(CC(=O)N3CCN(CC(C)C)CC3)coc2c1C. The number of aryl methyl sites for hydroxylation is 2. The summed E-state index contributed by atoms with van der Waals surface area (Å²) in [6.45, 7) is 13.4. The van der Waals surface area contributed by atoms with Crippen molar-refractivity contribution in [2.45, 2.75) is 34.1 Å². The summed E-state index contributed by atoms with van der Waals surface area (Å²) >= 11 is 0. The van der Waals surface area contributed by atoms with Crippen LogP contribution in [0.25, 0.3) is 11.0 Å². The molecule has 0 N–H and O–H groups in total. The molecule has 4 heteroatoms. The molecule has 130 valence electrons. The fraction of sp³-hybridized carbons (Fsp3) is 0.550. The quantitative estimate of drug-likeness (QED) is 0.863. The number of carbonyl (C=O) groups excluding carboxylic acids is 1. The maximum absolute atomic E-state index is 12.7. The minimum atomic E-state index is 0.208. The van der Waals surface area contributed by atoms with Crippen LogP contribution in [0.4, 0.5) is 0 Å². The van der Waals surface area contributed by atoms with Crippen molar-refractivity contribution in [2.24, 2.45) is 5.92 Å². The molecule has 1 aliphatic heterocycles. The average molecular weight is 328 g/mol.